The van der Waals surface area contributed by atoms with Crippen LogP contribution in [0.3, 0.4) is 0 Å². The second kappa shape index (κ2) is 5.71. The molecule has 0 amide bonds. The highest BCUT2D eigenvalue weighted by Gasteiger charge is 2.14. The maximum absolute atomic E-state index is 11.8. The summed E-state index contributed by atoms with van der Waals surface area (Å²) in [6.45, 7) is 1.49. The molecule has 4 nitrogen and oxygen atoms in total. The second-order valence-electron chi connectivity index (χ2n) is 4.81. The Hall–Kier alpha value is -2.75. The third-order valence-electron chi connectivity index (χ3n) is 3.19. The van der Waals surface area contributed by atoms with Crippen molar-refractivity contribution >= 4 is 5.91 Å². The van der Waals surface area contributed by atoms with Gasteiger partial charge in [0.15, 0.2) is 11.6 Å². The maximum atomic E-state index is 11.8. The first-order chi connectivity index (χ1) is 10.2. The summed E-state index contributed by atoms with van der Waals surface area (Å²) in [5, 5.41) is 4.34. The van der Waals surface area contributed by atoms with Gasteiger partial charge in [0, 0.05) is 18.9 Å². The van der Waals surface area contributed by atoms with Gasteiger partial charge in [0.25, 0.3) is 0 Å². The SMILES string of the molecule is CC(=O)n1nc(Cc2ccccc2)nc1-c1ccccc1. The van der Waals surface area contributed by atoms with Crippen molar-refractivity contribution in [3.63, 3.8) is 0 Å². The van der Waals surface area contributed by atoms with Crippen molar-refractivity contribution in [2.24, 2.45) is 0 Å². The van der Waals surface area contributed by atoms with Gasteiger partial charge in [-0.05, 0) is 5.56 Å². The standard InChI is InChI=1S/C17H15N3O/c1-13(21)20-17(15-10-6-3-7-11-15)18-16(19-20)12-14-8-4-2-5-9-14/h2-11H,12H2,1H3. The Morgan fingerprint density at radius 1 is 1.00 bits per heavy atom. The van der Waals surface area contributed by atoms with Gasteiger partial charge < -0.3 is 0 Å². The largest absolute Gasteiger partial charge is 0.273 e. The molecule has 2 aromatic carbocycles. The normalized spacial score (nSPS) is 10.5. The highest BCUT2D eigenvalue weighted by atomic mass is 16.2. The van der Waals surface area contributed by atoms with Crippen LogP contribution in [0.25, 0.3) is 11.4 Å². The molecule has 104 valence electrons. The lowest BCUT2D eigenvalue weighted by Crippen LogP contribution is -2.09. The van der Waals surface area contributed by atoms with Gasteiger partial charge in [-0.3, -0.25) is 4.79 Å². The molecule has 1 aromatic heterocycles. The molecule has 0 atom stereocenters. The molecule has 0 aliphatic heterocycles. The Balaban J connectivity index is 1.99. The third-order valence-corrected chi connectivity index (χ3v) is 3.19. The highest BCUT2D eigenvalue weighted by molar-refractivity contribution is 5.79. The summed E-state index contributed by atoms with van der Waals surface area (Å²) in [6, 6.07) is 19.6. The van der Waals surface area contributed by atoms with Crippen molar-refractivity contribution in [1.82, 2.24) is 14.8 Å². The lowest BCUT2D eigenvalue weighted by Gasteiger charge is -2.00. The van der Waals surface area contributed by atoms with Gasteiger partial charge in [-0.15, -0.1) is 5.10 Å². The predicted molar refractivity (Wildman–Crippen MR) is 81.0 cm³/mol. The summed E-state index contributed by atoms with van der Waals surface area (Å²) in [5.41, 5.74) is 2.01. The molecule has 0 N–H and O–H groups in total. The second-order valence-corrected chi connectivity index (χ2v) is 4.81. The summed E-state index contributed by atoms with van der Waals surface area (Å²) in [6.07, 6.45) is 0.612. The van der Waals surface area contributed by atoms with E-state index in [9.17, 15) is 4.79 Å². The Morgan fingerprint density at radius 2 is 1.62 bits per heavy atom. The number of carbonyl (C=O) groups excluding carboxylic acids is 1. The van der Waals surface area contributed by atoms with Gasteiger partial charge in [-0.2, -0.15) is 4.68 Å². The number of nitrogens with zero attached hydrogens (tertiary/aromatic N) is 3. The van der Waals surface area contributed by atoms with Crippen LogP contribution in [0.2, 0.25) is 0 Å². The molecule has 0 radical (unpaired) electrons. The minimum atomic E-state index is -0.138. The molecule has 3 aromatic rings. The fourth-order valence-corrected chi connectivity index (χ4v) is 2.20. The zero-order valence-electron chi connectivity index (χ0n) is 11.7. The first kappa shape index (κ1) is 13.2. The zero-order valence-corrected chi connectivity index (χ0v) is 11.7. The smallest absolute Gasteiger partial charge is 0.245 e. The van der Waals surface area contributed by atoms with Crippen LogP contribution in [0.15, 0.2) is 60.7 Å². The number of hydrogen-bond acceptors (Lipinski definition) is 3. The first-order valence-electron chi connectivity index (χ1n) is 6.80. The molecule has 1 heterocycles. The van der Waals surface area contributed by atoms with Crippen molar-refractivity contribution in [1.29, 1.82) is 0 Å². The average Bonchev–Trinajstić information content (AvgIpc) is 2.93. The van der Waals surface area contributed by atoms with E-state index in [1.54, 1.807) is 0 Å². The van der Waals surface area contributed by atoms with Crippen LogP contribution in [-0.2, 0) is 6.42 Å². The van der Waals surface area contributed by atoms with Gasteiger partial charge in [0.1, 0.15) is 0 Å². The molecule has 0 aliphatic rings. The average molecular weight is 277 g/mol. The zero-order chi connectivity index (χ0) is 14.7. The van der Waals surface area contributed by atoms with E-state index in [2.05, 4.69) is 10.1 Å². The number of carbonyl (C=O) groups is 1. The molecule has 0 spiro atoms. The fourth-order valence-electron chi connectivity index (χ4n) is 2.20. The number of hydrogen-bond donors (Lipinski definition) is 0. The molecular weight excluding hydrogens is 262 g/mol. The number of aromatic nitrogens is 3. The molecule has 0 saturated carbocycles. The van der Waals surface area contributed by atoms with Crippen LogP contribution in [0.4, 0.5) is 0 Å². The lowest BCUT2D eigenvalue weighted by molar-refractivity contribution is 0.0922. The van der Waals surface area contributed by atoms with E-state index in [1.807, 2.05) is 60.7 Å². The Kier molecular flexibility index (Phi) is 3.60. The molecule has 21 heavy (non-hydrogen) atoms. The Bertz CT molecular complexity index is 748. The molecule has 0 bridgehead atoms. The maximum Gasteiger partial charge on any atom is 0.245 e. The summed E-state index contributed by atoms with van der Waals surface area (Å²) in [5.74, 6) is 1.10. The topological polar surface area (TPSA) is 47.8 Å². The van der Waals surface area contributed by atoms with E-state index in [1.165, 1.54) is 11.6 Å². The highest BCUT2D eigenvalue weighted by Crippen LogP contribution is 2.18. The van der Waals surface area contributed by atoms with Crippen molar-refractivity contribution < 1.29 is 4.79 Å². The van der Waals surface area contributed by atoms with Crippen molar-refractivity contribution in [3.8, 4) is 11.4 Å². The van der Waals surface area contributed by atoms with Gasteiger partial charge in [0.2, 0.25) is 5.91 Å². The molecule has 3 rings (SSSR count). The molecule has 4 heteroatoms. The molecule has 0 fully saturated rings. The first-order valence-corrected chi connectivity index (χ1v) is 6.80. The van der Waals surface area contributed by atoms with E-state index in [-0.39, 0.29) is 5.91 Å². The van der Waals surface area contributed by atoms with E-state index >= 15 is 0 Å². The minimum Gasteiger partial charge on any atom is -0.273 e. The van der Waals surface area contributed by atoms with E-state index in [0.717, 1.165) is 11.1 Å². The Morgan fingerprint density at radius 3 is 2.24 bits per heavy atom. The van der Waals surface area contributed by atoms with Crippen LogP contribution in [0.5, 0.6) is 0 Å². The Labute approximate surface area is 123 Å². The molecule has 0 unspecified atom stereocenters. The van der Waals surface area contributed by atoms with E-state index in [0.29, 0.717) is 18.1 Å². The van der Waals surface area contributed by atoms with Crippen LogP contribution < -0.4 is 0 Å². The monoisotopic (exact) mass is 277 g/mol. The summed E-state index contributed by atoms with van der Waals surface area (Å²) >= 11 is 0. The fraction of sp³-hybridized carbons (Fsp3) is 0.118. The summed E-state index contributed by atoms with van der Waals surface area (Å²) in [7, 11) is 0. The third kappa shape index (κ3) is 2.89. The van der Waals surface area contributed by atoms with Crippen molar-refractivity contribution in [3.05, 3.63) is 72.1 Å². The summed E-state index contributed by atoms with van der Waals surface area (Å²) in [4.78, 5) is 16.3. The van der Waals surface area contributed by atoms with Crippen molar-refractivity contribution in [2.75, 3.05) is 0 Å². The van der Waals surface area contributed by atoms with Crippen LogP contribution in [0.1, 0.15) is 23.1 Å². The lowest BCUT2D eigenvalue weighted by atomic mass is 10.1. The van der Waals surface area contributed by atoms with Gasteiger partial charge in [-0.25, -0.2) is 4.98 Å². The van der Waals surface area contributed by atoms with Crippen molar-refractivity contribution in [2.45, 2.75) is 13.3 Å². The van der Waals surface area contributed by atoms with E-state index < -0.39 is 0 Å². The number of rotatable bonds is 3. The number of benzene rings is 2. The van der Waals surface area contributed by atoms with Gasteiger partial charge in [0.05, 0.1) is 0 Å². The predicted octanol–water partition coefficient (Wildman–Crippen LogP) is 3.20. The van der Waals surface area contributed by atoms with Gasteiger partial charge >= 0.3 is 0 Å². The van der Waals surface area contributed by atoms with Crippen LogP contribution >= 0.6 is 0 Å². The molecule has 0 saturated heterocycles. The van der Waals surface area contributed by atoms with Gasteiger partial charge in [-0.1, -0.05) is 60.7 Å². The minimum absolute atomic E-state index is 0.138. The molecular formula is C17H15N3O. The quantitative estimate of drug-likeness (QED) is 0.738. The van der Waals surface area contributed by atoms with Crippen LogP contribution in [0, 0.1) is 0 Å². The molecule has 0 aliphatic carbocycles. The van der Waals surface area contributed by atoms with Crippen LogP contribution in [-0.4, -0.2) is 20.7 Å². The van der Waals surface area contributed by atoms with E-state index in [4.69, 9.17) is 0 Å². The summed E-state index contributed by atoms with van der Waals surface area (Å²) < 4.78 is 1.37.